The highest BCUT2D eigenvalue weighted by molar-refractivity contribution is 5.76. The SMILES string of the molecule is CN(CC1(CO)CCCC1)C(=O)C[C@H]1CCCCN1C. The Morgan fingerprint density at radius 3 is 2.60 bits per heavy atom. The summed E-state index contributed by atoms with van der Waals surface area (Å²) < 4.78 is 0. The average Bonchev–Trinajstić information content (AvgIpc) is 2.90. The number of aliphatic hydroxyl groups is 1. The summed E-state index contributed by atoms with van der Waals surface area (Å²) in [7, 11) is 4.03. The topological polar surface area (TPSA) is 43.8 Å². The number of piperidine rings is 1. The zero-order valence-electron chi connectivity index (χ0n) is 13.1. The van der Waals surface area contributed by atoms with Crippen molar-refractivity contribution < 1.29 is 9.90 Å². The standard InChI is InChI=1S/C16H30N2O2/c1-17-10-6-3-7-14(17)11-15(20)18(2)12-16(13-19)8-4-5-9-16/h14,19H,3-13H2,1-2H3/t14-/m1/s1. The second kappa shape index (κ2) is 6.90. The van der Waals surface area contributed by atoms with Crippen molar-refractivity contribution in [3.05, 3.63) is 0 Å². The summed E-state index contributed by atoms with van der Waals surface area (Å²) in [5.74, 6) is 0.239. The molecule has 0 aromatic carbocycles. The molecule has 0 unspecified atom stereocenters. The molecule has 2 aliphatic rings. The van der Waals surface area contributed by atoms with Crippen LogP contribution in [0, 0.1) is 5.41 Å². The third kappa shape index (κ3) is 3.73. The molecular formula is C16H30N2O2. The van der Waals surface area contributed by atoms with Crippen LogP contribution in [0.2, 0.25) is 0 Å². The Labute approximate surface area is 123 Å². The van der Waals surface area contributed by atoms with Crippen molar-refractivity contribution in [3.8, 4) is 0 Å². The van der Waals surface area contributed by atoms with Gasteiger partial charge >= 0.3 is 0 Å². The summed E-state index contributed by atoms with van der Waals surface area (Å²) in [5.41, 5.74) is -0.0249. The largest absolute Gasteiger partial charge is 0.396 e. The minimum Gasteiger partial charge on any atom is -0.396 e. The van der Waals surface area contributed by atoms with Gasteiger partial charge in [-0.2, -0.15) is 0 Å². The summed E-state index contributed by atoms with van der Waals surface area (Å²) in [5, 5.41) is 9.66. The first kappa shape index (κ1) is 15.8. The summed E-state index contributed by atoms with van der Waals surface area (Å²) in [4.78, 5) is 16.6. The maximum atomic E-state index is 12.4. The van der Waals surface area contributed by atoms with Crippen LogP contribution < -0.4 is 0 Å². The van der Waals surface area contributed by atoms with Gasteiger partial charge in [0.2, 0.25) is 5.91 Å². The van der Waals surface area contributed by atoms with Crippen molar-refractivity contribution in [2.45, 2.75) is 57.4 Å². The number of rotatable bonds is 5. The second-order valence-corrected chi connectivity index (χ2v) is 6.95. The molecule has 0 radical (unpaired) electrons. The van der Waals surface area contributed by atoms with Crippen LogP contribution in [0.3, 0.4) is 0 Å². The van der Waals surface area contributed by atoms with E-state index in [0.29, 0.717) is 12.5 Å². The van der Waals surface area contributed by atoms with Crippen molar-refractivity contribution in [2.24, 2.45) is 5.41 Å². The monoisotopic (exact) mass is 282 g/mol. The molecule has 1 heterocycles. The predicted molar refractivity (Wildman–Crippen MR) is 80.5 cm³/mol. The van der Waals surface area contributed by atoms with Crippen LogP contribution in [0.4, 0.5) is 0 Å². The number of hydrogen-bond acceptors (Lipinski definition) is 3. The number of carbonyl (C=O) groups is 1. The van der Waals surface area contributed by atoms with Crippen LogP contribution in [0.25, 0.3) is 0 Å². The molecule has 1 atom stereocenters. The van der Waals surface area contributed by atoms with Crippen molar-refractivity contribution in [1.82, 2.24) is 9.80 Å². The molecule has 0 aromatic heterocycles. The van der Waals surface area contributed by atoms with E-state index in [1.807, 2.05) is 11.9 Å². The number of aliphatic hydroxyl groups excluding tert-OH is 1. The fourth-order valence-electron chi connectivity index (χ4n) is 3.84. The Hall–Kier alpha value is -0.610. The van der Waals surface area contributed by atoms with Crippen molar-refractivity contribution in [3.63, 3.8) is 0 Å². The molecule has 1 N–H and O–H groups in total. The average molecular weight is 282 g/mol. The van der Waals surface area contributed by atoms with Crippen LogP contribution in [0.5, 0.6) is 0 Å². The number of carbonyl (C=O) groups excluding carboxylic acids is 1. The lowest BCUT2D eigenvalue weighted by molar-refractivity contribution is -0.133. The second-order valence-electron chi connectivity index (χ2n) is 6.95. The molecular weight excluding hydrogens is 252 g/mol. The van der Waals surface area contributed by atoms with Crippen LogP contribution >= 0.6 is 0 Å². The lowest BCUT2D eigenvalue weighted by Gasteiger charge is -2.35. The molecule has 1 amide bonds. The van der Waals surface area contributed by atoms with E-state index < -0.39 is 0 Å². The highest BCUT2D eigenvalue weighted by Crippen LogP contribution is 2.38. The van der Waals surface area contributed by atoms with Crippen molar-refractivity contribution in [2.75, 3.05) is 33.8 Å². The van der Waals surface area contributed by atoms with Gasteiger partial charge in [-0.1, -0.05) is 19.3 Å². The van der Waals surface area contributed by atoms with Gasteiger partial charge in [-0.05, 0) is 39.3 Å². The number of likely N-dealkylation sites (tertiary alicyclic amines) is 1. The molecule has 1 saturated carbocycles. The van der Waals surface area contributed by atoms with Gasteiger partial charge in [0.05, 0.1) is 6.61 Å². The Kier molecular flexibility index (Phi) is 5.44. The molecule has 4 nitrogen and oxygen atoms in total. The Morgan fingerprint density at radius 1 is 1.30 bits per heavy atom. The zero-order chi connectivity index (χ0) is 14.6. The fraction of sp³-hybridized carbons (Fsp3) is 0.938. The van der Waals surface area contributed by atoms with Gasteiger partial charge in [0.1, 0.15) is 0 Å². The molecule has 2 rings (SSSR count). The maximum absolute atomic E-state index is 12.4. The van der Waals surface area contributed by atoms with Crippen LogP contribution in [0.1, 0.15) is 51.4 Å². The van der Waals surface area contributed by atoms with Gasteiger partial charge in [-0.15, -0.1) is 0 Å². The van der Waals surface area contributed by atoms with Gasteiger partial charge < -0.3 is 14.9 Å². The van der Waals surface area contributed by atoms with Crippen LogP contribution in [-0.4, -0.2) is 60.6 Å². The lowest BCUT2D eigenvalue weighted by Crippen LogP contribution is -2.44. The number of amides is 1. The molecule has 4 heteroatoms. The highest BCUT2D eigenvalue weighted by atomic mass is 16.3. The lowest BCUT2D eigenvalue weighted by atomic mass is 9.86. The van der Waals surface area contributed by atoms with Gasteiger partial charge in [0, 0.05) is 31.5 Å². The Morgan fingerprint density at radius 2 is 2.00 bits per heavy atom. The first-order valence-electron chi connectivity index (χ1n) is 8.11. The minimum atomic E-state index is -0.0249. The van der Waals surface area contributed by atoms with Gasteiger partial charge in [0.15, 0.2) is 0 Å². The number of nitrogens with zero attached hydrogens (tertiary/aromatic N) is 2. The maximum Gasteiger partial charge on any atom is 0.223 e. The van der Waals surface area contributed by atoms with E-state index in [1.54, 1.807) is 0 Å². The molecule has 2 fully saturated rings. The Bertz CT molecular complexity index is 326. The molecule has 0 bridgehead atoms. The normalized spacial score (nSPS) is 26.6. The van der Waals surface area contributed by atoms with Crippen LogP contribution in [0.15, 0.2) is 0 Å². The van der Waals surface area contributed by atoms with E-state index in [-0.39, 0.29) is 17.9 Å². The smallest absolute Gasteiger partial charge is 0.223 e. The van der Waals surface area contributed by atoms with E-state index in [4.69, 9.17) is 0 Å². The molecule has 1 aliphatic carbocycles. The Balaban J connectivity index is 1.85. The molecule has 116 valence electrons. The third-order valence-corrected chi connectivity index (χ3v) is 5.33. The molecule has 0 spiro atoms. The van der Waals surface area contributed by atoms with E-state index in [2.05, 4.69) is 11.9 Å². The van der Waals surface area contributed by atoms with Crippen molar-refractivity contribution in [1.29, 1.82) is 0 Å². The zero-order valence-corrected chi connectivity index (χ0v) is 13.1. The van der Waals surface area contributed by atoms with Gasteiger partial charge in [-0.3, -0.25) is 4.79 Å². The van der Waals surface area contributed by atoms with E-state index >= 15 is 0 Å². The highest BCUT2D eigenvalue weighted by Gasteiger charge is 2.35. The van der Waals surface area contributed by atoms with E-state index in [1.165, 1.54) is 25.7 Å². The molecule has 1 saturated heterocycles. The van der Waals surface area contributed by atoms with E-state index in [9.17, 15) is 9.90 Å². The van der Waals surface area contributed by atoms with Gasteiger partial charge in [0.25, 0.3) is 0 Å². The van der Waals surface area contributed by atoms with E-state index in [0.717, 1.165) is 32.4 Å². The predicted octanol–water partition coefficient (Wildman–Crippen LogP) is 1.87. The molecule has 20 heavy (non-hydrogen) atoms. The van der Waals surface area contributed by atoms with Crippen LogP contribution in [-0.2, 0) is 4.79 Å². The van der Waals surface area contributed by atoms with Gasteiger partial charge in [-0.25, -0.2) is 0 Å². The number of hydrogen-bond donors (Lipinski definition) is 1. The summed E-state index contributed by atoms with van der Waals surface area (Å²) in [6.07, 6.45) is 8.77. The first-order valence-corrected chi connectivity index (χ1v) is 8.11. The minimum absolute atomic E-state index is 0.0249. The fourth-order valence-corrected chi connectivity index (χ4v) is 3.84. The quantitative estimate of drug-likeness (QED) is 0.837. The molecule has 0 aromatic rings. The summed E-state index contributed by atoms with van der Waals surface area (Å²) >= 11 is 0. The van der Waals surface area contributed by atoms with Crippen molar-refractivity contribution >= 4 is 5.91 Å². The first-order chi connectivity index (χ1) is 9.56. The third-order valence-electron chi connectivity index (χ3n) is 5.33. The molecule has 1 aliphatic heterocycles. The summed E-state index contributed by atoms with van der Waals surface area (Å²) in [6, 6.07) is 0.410. The summed E-state index contributed by atoms with van der Waals surface area (Å²) in [6.45, 7) is 2.05.